The summed E-state index contributed by atoms with van der Waals surface area (Å²) in [6, 6.07) is 0.918. The summed E-state index contributed by atoms with van der Waals surface area (Å²) in [5, 5.41) is 3.33. The zero-order valence-corrected chi connectivity index (χ0v) is 12.1. The summed E-state index contributed by atoms with van der Waals surface area (Å²) >= 11 is 0. The zero-order chi connectivity index (χ0) is 13.1. The molecular weight excluding hydrogens is 224 g/mol. The van der Waals surface area contributed by atoms with Crippen LogP contribution < -0.4 is 5.32 Å². The minimum absolute atomic E-state index is 0.311. The van der Waals surface area contributed by atoms with Crippen molar-refractivity contribution in [3.63, 3.8) is 0 Å². The molecule has 0 aliphatic heterocycles. The second-order valence-electron chi connectivity index (χ2n) is 6.23. The van der Waals surface area contributed by atoms with Gasteiger partial charge in [-0.2, -0.15) is 0 Å². The predicted octanol–water partition coefficient (Wildman–Crippen LogP) is 2.41. The van der Waals surface area contributed by atoms with Crippen LogP contribution in [0.25, 0.3) is 0 Å². The standard InChI is InChI=1S/C15H28N2O/c1-4-11(2)12(3)17(14-7-8-14)15(18)10-16-9-13-5-6-13/h11-14,16H,4-10H2,1-3H3. The third kappa shape index (κ3) is 3.71. The third-order valence-corrected chi connectivity index (χ3v) is 4.54. The highest BCUT2D eigenvalue weighted by molar-refractivity contribution is 5.79. The largest absolute Gasteiger partial charge is 0.336 e. The summed E-state index contributed by atoms with van der Waals surface area (Å²) in [5.41, 5.74) is 0. The summed E-state index contributed by atoms with van der Waals surface area (Å²) in [4.78, 5) is 14.5. The van der Waals surface area contributed by atoms with E-state index in [9.17, 15) is 4.79 Å². The van der Waals surface area contributed by atoms with Gasteiger partial charge in [-0.1, -0.05) is 20.3 Å². The maximum absolute atomic E-state index is 12.4. The number of hydrogen-bond donors (Lipinski definition) is 1. The molecule has 0 bridgehead atoms. The lowest BCUT2D eigenvalue weighted by atomic mass is 9.99. The molecule has 0 spiro atoms. The topological polar surface area (TPSA) is 32.3 Å². The second-order valence-corrected chi connectivity index (χ2v) is 6.23. The Morgan fingerprint density at radius 3 is 2.44 bits per heavy atom. The van der Waals surface area contributed by atoms with Crippen LogP contribution in [0.4, 0.5) is 0 Å². The molecule has 2 atom stereocenters. The number of hydrogen-bond acceptors (Lipinski definition) is 2. The van der Waals surface area contributed by atoms with Crippen LogP contribution in [-0.4, -0.2) is 36.0 Å². The van der Waals surface area contributed by atoms with E-state index in [1.807, 2.05) is 0 Å². The molecule has 1 N–H and O–H groups in total. The van der Waals surface area contributed by atoms with Gasteiger partial charge in [-0.25, -0.2) is 0 Å². The molecule has 0 saturated heterocycles. The molecular formula is C15H28N2O. The van der Waals surface area contributed by atoms with E-state index >= 15 is 0 Å². The Kier molecular flexibility index (Phi) is 4.66. The van der Waals surface area contributed by atoms with Gasteiger partial charge in [-0.3, -0.25) is 4.79 Å². The average Bonchev–Trinajstić information content (AvgIpc) is 3.21. The maximum atomic E-state index is 12.4. The first-order valence-corrected chi connectivity index (χ1v) is 7.65. The number of carbonyl (C=O) groups excluding carboxylic acids is 1. The molecule has 2 aliphatic rings. The summed E-state index contributed by atoms with van der Waals surface area (Å²) < 4.78 is 0. The molecule has 0 aromatic carbocycles. The van der Waals surface area contributed by atoms with E-state index in [1.165, 1.54) is 25.7 Å². The van der Waals surface area contributed by atoms with Crippen molar-refractivity contribution >= 4 is 5.91 Å². The number of carbonyl (C=O) groups is 1. The van der Waals surface area contributed by atoms with Gasteiger partial charge >= 0.3 is 0 Å². The molecule has 2 rings (SSSR count). The van der Waals surface area contributed by atoms with E-state index in [1.54, 1.807) is 0 Å². The Hall–Kier alpha value is -0.570. The van der Waals surface area contributed by atoms with Gasteiger partial charge in [0.25, 0.3) is 0 Å². The first-order chi connectivity index (χ1) is 8.63. The second kappa shape index (κ2) is 6.05. The van der Waals surface area contributed by atoms with E-state index in [-0.39, 0.29) is 0 Å². The fraction of sp³-hybridized carbons (Fsp3) is 0.933. The number of rotatable bonds is 8. The normalized spacial score (nSPS) is 22.6. The van der Waals surface area contributed by atoms with Crippen LogP contribution in [0.1, 0.15) is 52.9 Å². The highest BCUT2D eigenvalue weighted by Crippen LogP contribution is 2.31. The van der Waals surface area contributed by atoms with Gasteiger partial charge in [0, 0.05) is 12.1 Å². The molecule has 2 saturated carbocycles. The molecule has 0 aromatic rings. The molecule has 18 heavy (non-hydrogen) atoms. The fourth-order valence-corrected chi connectivity index (χ4v) is 2.53. The van der Waals surface area contributed by atoms with E-state index < -0.39 is 0 Å². The van der Waals surface area contributed by atoms with Crippen molar-refractivity contribution in [3.05, 3.63) is 0 Å². The fourth-order valence-electron chi connectivity index (χ4n) is 2.53. The first-order valence-electron chi connectivity index (χ1n) is 7.65. The lowest BCUT2D eigenvalue weighted by Gasteiger charge is -2.33. The predicted molar refractivity (Wildman–Crippen MR) is 74.4 cm³/mol. The molecule has 3 heteroatoms. The number of amides is 1. The smallest absolute Gasteiger partial charge is 0.237 e. The molecule has 0 radical (unpaired) electrons. The molecule has 0 aromatic heterocycles. The van der Waals surface area contributed by atoms with Crippen molar-refractivity contribution in [2.24, 2.45) is 11.8 Å². The molecule has 2 fully saturated rings. The molecule has 3 nitrogen and oxygen atoms in total. The van der Waals surface area contributed by atoms with Gasteiger partial charge in [-0.15, -0.1) is 0 Å². The average molecular weight is 252 g/mol. The van der Waals surface area contributed by atoms with Crippen LogP contribution in [0.2, 0.25) is 0 Å². The van der Waals surface area contributed by atoms with E-state index in [2.05, 4.69) is 31.0 Å². The van der Waals surface area contributed by atoms with Crippen molar-refractivity contribution in [3.8, 4) is 0 Å². The Morgan fingerprint density at radius 2 is 1.94 bits per heavy atom. The Bertz CT molecular complexity index is 284. The van der Waals surface area contributed by atoms with Gasteiger partial charge in [0.2, 0.25) is 5.91 Å². The molecule has 0 heterocycles. The minimum atomic E-state index is 0.311. The molecule has 1 amide bonds. The Labute approximate surface area is 111 Å². The lowest BCUT2D eigenvalue weighted by Crippen LogP contribution is -2.47. The third-order valence-electron chi connectivity index (χ3n) is 4.54. The summed E-state index contributed by atoms with van der Waals surface area (Å²) in [5.74, 6) is 1.75. The zero-order valence-electron chi connectivity index (χ0n) is 12.1. The molecule has 2 aliphatic carbocycles. The van der Waals surface area contributed by atoms with Crippen LogP contribution in [-0.2, 0) is 4.79 Å². The van der Waals surface area contributed by atoms with Gasteiger partial charge in [-0.05, 0) is 51.0 Å². The monoisotopic (exact) mass is 252 g/mol. The first kappa shape index (κ1) is 13.9. The van der Waals surface area contributed by atoms with Crippen LogP contribution in [0, 0.1) is 11.8 Å². The van der Waals surface area contributed by atoms with Crippen molar-refractivity contribution in [1.82, 2.24) is 10.2 Å². The summed E-state index contributed by atoms with van der Waals surface area (Å²) in [7, 11) is 0. The number of nitrogens with one attached hydrogen (secondary N) is 1. The SMILES string of the molecule is CCC(C)C(C)N(C(=O)CNCC1CC1)C1CC1. The van der Waals surface area contributed by atoms with Crippen molar-refractivity contribution in [2.75, 3.05) is 13.1 Å². The maximum Gasteiger partial charge on any atom is 0.237 e. The Morgan fingerprint density at radius 1 is 1.28 bits per heavy atom. The van der Waals surface area contributed by atoms with Gasteiger partial charge in [0.05, 0.1) is 6.54 Å². The van der Waals surface area contributed by atoms with Crippen LogP contribution in [0.5, 0.6) is 0 Å². The van der Waals surface area contributed by atoms with Gasteiger partial charge in [0.1, 0.15) is 0 Å². The van der Waals surface area contributed by atoms with Crippen molar-refractivity contribution in [2.45, 2.75) is 65.0 Å². The van der Waals surface area contributed by atoms with Crippen LogP contribution >= 0.6 is 0 Å². The Balaban J connectivity index is 1.81. The highest BCUT2D eigenvalue weighted by atomic mass is 16.2. The number of nitrogens with zero attached hydrogens (tertiary/aromatic N) is 1. The van der Waals surface area contributed by atoms with E-state index in [0.717, 1.165) is 18.9 Å². The van der Waals surface area contributed by atoms with Crippen LogP contribution in [0.3, 0.4) is 0 Å². The van der Waals surface area contributed by atoms with Gasteiger partial charge < -0.3 is 10.2 Å². The van der Waals surface area contributed by atoms with Crippen molar-refractivity contribution < 1.29 is 4.79 Å². The summed E-state index contributed by atoms with van der Waals surface area (Å²) in [6.45, 7) is 8.24. The quantitative estimate of drug-likeness (QED) is 0.719. The van der Waals surface area contributed by atoms with E-state index in [4.69, 9.17) is 0 Å². The summed E-state index contributed by atoms with van der Waals surface area (Å²) in [6.07, 6.45) is 6.24. The molecule has 104 valence electrons. The minimum Gasteiger partial charge on any atom is -0.336 e. The highest BCUT2D eigenvalue weighted by Gasteiger charge is 2.36. The van der Waals surface area contributed by atoms with Gasteiger partial charge in [0.15, 0.2) is 0 Å². The van der Waals surface area contributed by atoms with Crippen molar-refractivity contribution in [1.29, 1.82) is 0 Å². The lowest BCUT2D eigenvalue weighted by molar-refractivity contribution is -0.134. The van der Waals surface area contributed by atoms with E-state index in [0.29, 0.717) is 30.5 Å². The molecule has 2 unspecified atom stereocenters. The van der Waals surface area contributed by atoms with Crippen LogP contribution in [0.15, 0.2) is 0 Å².